The summed E-state index contributed by atoms with van der Waals surface area (Å²) in [7, 11) is 0. The fourth-order valence-corrected chi connectivity index (χ4v) is 3.75. The second-order valence-electron chi connectivity index (χ2n) is 7.63. The standard InChI is InChI=1S/C22H30N6O3/c1-3-31-19-6-4-18(5-7-19)24-22(29)28-10-8-27(9-11-28)21-23-17(2)16-20(25-21)26-12-14-30-15-13-26/h4-7,16H,3,8-15H2,1-2H3,(H,24,29). The van der Waals surface area contributed by atoms with E-state index in [1.807, 2.05) is 49.1 Å². The molecule has 2 amide bonds. The van der Waals surface area contributed by atoms with Gasteiger partial charge in [0.25, 0.3) is 0 Å². The highest BCUT2D eigenvalue weighted by molar-refractivity contribution is 5.89. The minimum atomic E-state index is -0.0945. The van der Waals surface area contributed by atoms with Crippen molar-refractivity contribution < 1.29 is 14.3 Å². The largest absolute Gasteiger partial charge is 0.494 e. The molecule has 31 heavy (non-hydrogen) atoms. The van der Waals surface area contributed by atoms with Gasteiger partial charge in [-0.25, -0.2) is 9.78 Å². The van der Waals surface area contributed by atoms with Gasteiger partial charge in [-0.15, -0.1) is 0 Å². The lowest BCUT2D eigenvalue weighted by molar-refractivity contribution is 0.122. The van der Waals surface area contributed by atoms with Crippen LogP contribution in [0, 0.1) is 6.92 Å². The van der Waals surface area contributed by atoms with E-state index < -0.39 is 0 Å². The van der Waals surface area contributed by atoms with E-state index in [-0.39, 0.29) is 6.03 Å². The van der Waals surface area contributed by atoms with Gasteiger partial charge in [0.2, 0.25) is 5.95 Å². The Hall–Kier alpha value is -3.07. The zero-order chi connectivity index (χ0) is 21.6. The Morgan fingerprint density at radius 2 is 1.74 bits per heavy atom. The van der Waals surface area contributed by atoms with Crippen molar-refractivity contribution in [3.05, 3.63) is 36.0 Å². The van der Waals surface area contributed by atoms with Crippen LogP contribution in [0.2, 0.25) is 0 Å². The molecule has 166 valence electrons. The molecule has 0 unspecified atom stereocenters. The van der Waals surface area contributed by atoms with Crippen molar-refractivity contribution in [1.82, 2.24) is 14.9 Å². The molecular weight excluding hydrogens is 396 g/mol. The first-order valence-corrected chi connectivity index (χ1v) is 10.8. The molecule has 1 aromatic carbocycles. The number of aryl methyl sites for hydroxylation is 1. The molecule has 0 aliphatic carbocycles. The van der Waals surface area contributed by atoms with Gasteiger partial charge in [-0.2, -0.15) is 4.98 Å². The molecule has 2 saturated heterocycles. The Morgan fingerprint density at radius 1 is 1.03 bits per heavy atom. The number of rotatable bonds is 5. The second kappa shape index (κ2) is 9.82. The van der Waals surface area contributed by atoms with Crippen molar-refractivity contribution in [2.45, 2.75) is 13.8 Å². The molecule has 9 nitrogen and oxygen atoms in total. The summed E-state index contributed by atoms with van der Waals surface area (Å²) in [5.41, 5.74) is 1.70. The lowest BCUT2D eigenvalue weighted by Crippen LogP contribution is -2.50. The van der Waals surface area contributed by atoms with Gasteiger partial charge in [0.1, 0.15) is 11.6 Å². The summed E-state index contributed by atoms with van der Waals surface area (Å²) < 4.78 is 10.9. The number of benzene rings is 1. The number of urea groups is 1. The summed E-state index contributed by atoms with van der Waals surface area (Å²) in [5.74, 6) is 2.47. The number of aromatic nitrogens is 2. The highest BCUT2D eigenvalue weighted by Crippen LogP contribution is 2.20. The van der Waals surface area contributed by atoms with Crippen LogP contribution < -0.4 is 19.9 Å². The van der Waals surface area contributed by atoms with Gasteiger partial charge in [-0.3, -0.25) is 0 Å². The van der Waals surface area contributed by atoms with E-state index in [9.17, 15) is 4.79 Å². The molecule has 9 heteroatoms. The number of anilines is 3. The lowest BCUT2D eigenvalue weighted by Gasteiger charge is -2.35. The van der Waals surface area contributed by atoms with Crippen molar-refractivity contribution >= 4 is 23.5 Å². The minimum Gasteiger partial charge on any atom is -0.494 e. The third-order valence-electron chi connectivity index (χ3n) is 5.43. The molecule has 0 radical (unpaired) electrons. The SMILES string of the molecule is CCOc1ccc(NC(=O)N2CCN(c3nc(C)cc(N4CCOCC4)n3)CC2)cc1. The smallest absolute Gasteiger partial charge is 0.321 e. The minimum absolute atomic E-state index is 0.0945. The van der Waals surface area contributed by atoms with Crippen LogP contribution in [0.3, 0.4) is 0 Å². The van der Waals surface area contributed by atoms with Crippen molar-refractivity contribution in [3.8, 4) is 5.75 Å². The van der Waals surface area contributed by atoms with Crippen LogP contribution in [0.25, 0.3) is 0 Å². The first-order chi connectivity index (χ1) is 15.1. The van der Waals surface area contributed by atoms with E-state index in [1.54, 1.807) is 0 Å². The Morgan fingerprint density at radius 3 is 2.42 bits per heavy atom. The highest BCUT2D eigenvalue weighted by atomic mass is 16.5. The number of hydrogen-bond donors (Lipinski definition) is 1. The van der Waals surface area contributed by atoms with E-state index in [2.05, 4.69) is 20.1 Å². The number of morpholine rings is 1. The van der Waals surface area contributed by atoms with Gasteiger partial charge in [0.15, 0.2) is 0 Å². The zero-order valence-corrected chi connectivity index (χ0v) is 18.2. The van der Waals surface area contributed by atoms with Crippen LogP contribution in [0.4, 0.5) is 22.2 Å². The van der Waals surface area contributed by atoms with E-state index in [0.717, 1.165) is 55.2 Å². The summed E-state index contributed by atoms with van der Waals surface area (Å²) in [6.07, 6.45) is 0. The molecule has 1 aromatic heterocycles. The molecule has 2 aliphatic heterocycles. The summed E-state index contributed by atoms with van der Waals surface area (Å²) in [6, 6.07) is 9.36. The van der Waals surface area contributed by atoms with E-state index in [0.29, 0.717) is 32.8 Å². The van der Waals surface area contributed by atoms with E-state index in [4.69, 9.17) is 14.5 Å². The molecule has 1 N–H and O–H groups in total. The number of hydrogen-bond acceptors (Lipinski definition) is 7. The first-order valence-electron chi connectivity index (χ1n) is 10.8. The fourth-order valence-electron chi connectivity index (χ4n) is 3.75. The predicted octanol–water partition coefficient (Wildman–Crippen LogP) is 2.37. The summed E-state index contributed by atoms with van der Waals surface area (Å²) in [6.45, 7) is 10.3. The van der Waals surface area contributed by atoms with E-state index in [1.165, 1.54) is 0 Å². The molecule has 0 atom stereocenters. The number of piperazine rings is 1. The first kappa shape index (κ1) is 21.2. The van der Waals surface area contributed by atoms with Gasteiger partial charge >= 0.3 is 6.03 Å². The maximum Gasteiger partial charge on any atom is 0.321 e. The van der Waals surface area contributed by atoms with Crippen LogP contribution in [0.5, 0.6) is 5.75 Å². The van der Waals surface area contributed by atoms with Crippen LogP contribution in [-0.4, -0.2) is 80.0 Å². The molecule has 0 bridgehead atoms. The van der Waals surface area contributed by atoms with Gasteiger partial charge in [-0.05, 0) is 38.1 Å². The number of carbonyl (C=O) groups excluding carboxylic acids is 1. The number of amides is 2. The summed E-state index contributed by atoms with van der Waals surface area (Å²) >= 11 is 0. The van der Waals surface area contributed by atoms with E-state index >= 15 is 0 Å². The Balaban J connectivity index is 1.34. The molecule has 0 spiro atoms. The predicted molar refractivity (Wildman–Crippen MR) is 120 cm³/mol. The maximum absolute atomic E-state index is 12.7. The number of nitrogens with one attached hydrogen (secondary N) is 1. The second-order valence-corrected chi connectivity index (χ2v) is 7.63. The Labute approximate surface area is 183 Å². The summed E-state index contributed by atoms with van der Waals surface area (Å²) in [5, 5.41) is 2.96. The van der Waals surface area contributed by atoms with Gasteiger partial charge in [0, 0.05) is 56.7 Å². The highest BCUT2D eigenvalue weighted by Gasteiger charge is 2.24. The third kappa shape index (κ3) is 5.35. The number of ether oxygens (including phenoxy) is 2. The topological polar surface area (TPSA) is 83.1 Å². The number of carbonyl (C=O) groups is 1. The van der Waals surface area contributed by atoms with Crippen LogP contribution >= 0.6 is 0 Å². The summed E-state index contributed by atoms with van der Waals surface area (Å²) in [4.78, 5) is 28.3. The quantitative estimate of drug-likeness (QED) is 0.786. The van der Waals surface area contributed by atoms with Crippen LogP contribution in [-0.2, 0) is 4.74 Å². The average Bonchev–Trinajstić information content (AvgIpc) is 2.81. The Bertz CT molecular complexity index is 877. The lowest BCUT2D eigenvalue weighted by atomic mass is 10.3. The van der Waals surface area contributed by atoms with Crippen molar-refractivity contribution in [3.63, 3.8) is 0 Å². The van der Waals surface area contributed by atoms with Crippen molar-refractivity contribution in [2.75, 3.05) is 74.2 Å². The fraction of sp³-hybridized carbons (Fsp3) is 0.500. The Kier molecular flexibility index (Phi) is 6.71. The number of nitrogens with zero attached hydrogens (tertiary/aromatic N) is 5. The van der Waals surface area contributed by atoms with Crippen LogP contribution in [0.1, 0.15) is 12.6 Å². The van der Waals surface area contributed by atoms with Gasteiger partial charge < -0.3 is 29.5 Å². The molecule has 2 fully saturated rings. The molecule has 2 aromatic rings. The normalized spacial score (nSPS) is 16.9. The molecular formula is C22H30N6O3. The maximum atomic E-state index is 12.7. The molecule has 4 rings (SSSR count). The monoisotopic (exact) mass is 426 g/mol. The molecule has 0 saturated carbocycles. The average molecular weight is 427 g/mol. The zero-order valence-electron chi connectivity index (χ0n) is 18.2. The van der Waals surface area contributed by atoms with Gasteiger partial charge in [-0.1, -0.05) is 0 Å². The van der Waals surface area contributed by atoms with Crippen LogP contribution in [0.15, 0.2) is 30.3 Å². The van der Waals surface area contributed by atoms with Gasteiger partial charge in [0.05, 0.1) is 19.8 Å². The van der Waals surface area contributed by atoms with Crippen molar-refractivity contribution in [2.24, 2.45) is 0 Å². The molecule has 2 aliphatic rings. The molecule has 3 heterocycles. The third-order valence-corrected chi connectivity index (χ3v) is 5.43. The van der Waals surface area contributed by atoms with Crippen molar-refractivity contribution in [1.29, 1.82) is 0 Å².